The summed E-state index contributed by atoms with van der Waals surface area (Å²) in [7, 11) is 1.38. The van der Waals surface area contributed by atoms with Crippen molar-refractivity contribution in [3.05, 3.63) is 18.2 Å². The van der Waals surface area contributed by atoms with Gasteiger partial charge < -0.3 is 20.3 Å². The summed E-state index contributed by atoms with van der Waals surface area (Å²) >= 11 is 0. The molecule has 0 spiro atoms. The number of aromatic nitrogens is 2. The second-order valence-corrected chi connectivity index (χ2v) is 6.91. The molecule has 3 N–H and O–H groups in total. The van der Waals surface area contributed by atoms with Crippen molar-refractivity contribution in [3.63, 3.8) is 0 Å². The number of hydrogen-bond acceptors (Lipinski definition) is 3. The average molecular weight is 376 g/mol. The van der Waals surface area contributed by atoms with Gasteiger partial charge in [0.25, 0.3) is 0 Å². The molecule has 1 aliphatic carbocycles. The van der Waals surface area contributed by atoms with Crippen LogP contribution in [0.4, 0.5) is 18.0 Å². The highest BCUT2D eigenvalue weighted by molar-refractivity contribution is 5.74. The van der Waals surface area contributed by atoms with Gasteiger partial charge in [-0.05, 0) is 12.8 Å². The Kier molecular flexibility index (Phi) is 6.91. The van der Waals surface area contributed by atoms with Crippen LogP contribution in [0.25, 0.3) is 0 Å². The quantitative estimate of drug-likeness (QED) is 0.739. The van der Waals surface area contributed by atoms with Gasteiger partial charge in [0.05, 0.1) is 0 Å². The van der Waals surface area contributed by atoms with Crippen molar-refractivity contribution in [2.45, 2.75) is 69.2 Å². The molecular weight excluding hydrogens is 349 g/mol. The van der Waals surface area contributed by atoms with Crippen molar-refractivity contribution in [1.82, 2.24) is 20.2 Å². The summed E-state index contributed by atoms with van der Waals surface area (Å²) in [5.41, 5.74) is -3.11. The summed E-state index contributed by atoms with van der Waals surface area (Å²) < 4.78 is 41.3. The van der Waals surface area contributed by atoms with Crippen LogP contribution < -0.4 is 10.6 Å². The molecular formula is C17H27F3N4O2. The number of nitrogens with zero attached hydrogens (tertiary/aromatic N) is 2. The zero-order valence-corrected chi connectivity index (χ0v) is 15.0. The number of alkyl halides is 3. The Bertz CT molecular complexity index is 583. The van der Waals surface area contributed by atoms with Gasteiger partial charge in [0.2, 0.25) is 5.60 Å². The van der Waals surface area contributed by atoms with Crippen LogP contribution in [0.2, 0.25) is 0 Å². The van der Waals surface area contributed by atoms with E-state index in [1.54, 1.807) is 0 Å². The van der Waals surface area contributed by atoms with E-state index in [1.165, 1.54) is 25.9 Å². The Morgan fingerprint density at radius 1 is 1.27 bits per heavy atom. The lowest BCUT2D eigenvalue weighted by molar-refractivity contribution is -0.272. The number of imidazole rings is 1. The van der Waals surface area contributed by atoms with Gasteiger partial charge in [-0.2, -0.15) is 13.2 Å². The molecule has 1 saturated carbocycles. The third kappa shape index (κ3) is 5.12. The molecule has 1 heterocycles. The SMILES string of the molecule is Cn1ccnc1C(O)(CCNC(=O)NC1CCCCCCC1)C(F)(F)F. The number of carbonyl (C=O) groups is 1. The lowest BCUT2D eigenvalue weighted by Crippen LogP contribution is -2.48. The van der Waals surface area contributed by atoms with Crippen LogP contribution in [0.5, 0.6) is 0 Å². The van der Waals surface area contributed by atoms with Gasteiger partial charge in [0.15, 0.2) is 0 Å². The highest BCUT2D eigenvalue weighted by Crippen LogP contribution is 2.40. The maximum atomic E-state index is 13.4. The number of rotatable bonds is 5. The predicted molar refractivity (Wildman–Crippen MR) is 90.4 cm³/mol. The summed E-state index contributed by atoms with van der Waals surface area (Å²) in [5, 5.41) is 15.5. The maximum absolute atomic E-state index is 13.4. The molecule has 1 aliphatic rings. The van der Waals surface area contributed by atoms with Crippen LogP contribution in [0.15, 0.2) is 12.4 Å². The van der Waals surface area contributed by atoms with Gasteiger partial charge in [-0.1, -0.05) is 32.1 Å². The second kappa shape index (κ2) is 8.75. The fourth-order valence-electron chi connectivity index (χ4n) is 3.34. The van der Waals surface area contributed by atoms with E-state index in [-0.39, 0.29) is 12.6 Å². The molecule has 0 aromatic carbocycles. The van der Waals surface area contributed by atoms with Crippen molar-refractivity contribution in [2.75, 3.05) is 6.54 Å². The average Bonchev–Trinajstić information content (AvgIpc) is 2.95. The monoisotopic (exact) mass is 376 g/mol. The van der Waals surface area contributed by atoms with E-state index in [4.69, 9.17) is 0 Å². The van der Waals surface area contributed by atoms with E-state index in [0.29, 0.717) is 0 Å². The normalized spacial score (nSPS) is 19.3. The summed E-state index contributed by atoms with van der Waals surface area (Å²) in [4.78, 5) is 15.6. The number of carbonyl (C=O) groups excluding carboxylic acids is 1. The van der Waals surface area contributed by atoms with Crippen LogP contribution in [0, 0.1) is 0 Å². The molecule has 0 saturated heterocycles. The van der Waals surface area contributed by atoms with E-state index in [1.807, 2.05) is 0 Å². The first-order valence-corrected chi connectivity index (χ1v) is 9.05. The molecule has 1 aromatic rings. The van der Waals surface area contributed by atoms with Crippen LogP contribution in [-0.2, 0) is 12.6 Å². The first-order valence-electron chi connectivity index (χ1n) is 9.05. The number of nitrogens with one attached hydrogen (secondary N) is 2. The van der Waals surface area contributed by atoms with E-state index >= 15 is 0 Å². The first kappa shape index (κ1) is 20.5. The summed E-state index contributed by atoms with van der Waals surface area (Å²) in [6, 6.07) is -0.453. The van der Waals surface area contributed by atoms with Gasteiger partial charge in [0, 0.05) is 38.4 Å². The predicted octanol–water partition coefficient (Wildman–Crippen LogP) is 2.97. The molecule has 0 radical (unpaired) electrons. The minimum Gasteiger partial charge on any atom is -0.374 e. The number of hydrogen-bond donors (Lipinski definition) is 3. The molecule has 6 nitrogen and oxygen atoms in total. The van der Waals surface area contributed by atoms with Crippen molar-refractivity contribution in [3.8, 4) is 0 Å². The molecule has 1 aromatic heterocycles. The topological polar surface area (TPSA) is 79.2 Å². The molecule has 9 heteroatoms. The fourth-order valence-corrected chi connectivity index (χ4v) is 3.34. The molecule has 0 bridgehead atoms. The Balaban J connectivity index is 1.89. The van der Waals surface area contributed by atoms with Gasteiger partial charge >= 0.3 is 12.2 Å². The first-order chi connectivity index (χ1) is 12.2. The van der Waals surface area contributed by atoms with Gasteiger partial charge in [-0.25, -0.2) is 9.78 Å². The molecule has 0 aliphatic heterocycles. The highest BCUT2D eigenvalue weighted by atomic mass is 19.4. The molecule has 1 atom stereocenters. The van der Waals surface area contributed by atoms with E-state index in [2.05, 4.69) is 15.6 Å². The zero-order valence-electron chi connectivity index (χ0n) is 15.0. The number of aryl methyl sites for hydroxylation is 1. The summed E-state index contributed by atoms with van der Waals surface area (Å²) in [6.07, 6.45) is 4.26. The third-order valence-electron chi connectivity index (χ3n) is 4.87. The van der Waals surface area contributed by atoms with Gasteiger partial charge in [-0.15, -0.1) is 0 Å². The van der Waals surface area contributed by atoms with Crippen LogP contribution in [0.1, 0.15) is 57.2 Å². The smallest absolute Gasteiger partial charge is 0.374 e. The number of aliphatic hydroxyl groups is 1. The van der Waals surface area contributed by atoms with E-state index in [9.17, 15) is 23.1 Å². The van der Waals surface area contributed by atoms with E-state index < -0.39 is 30.1 Å². The Hall–Kier alpha value is -1.77. The van der Waals surface area contributed by atoms with Crippen LogP contribution in [-0.4, -0.2) is 39.5 Å². The third-order valence-corrected chi connectivity index (χ3v) is 4.87. The summed E-state index contributed by atoms with van der Waals surface area (Å²) in [6.45, 7) is -0.318. The highest BCUT2D eigenvalue weighted by Gasteiger charge is 2.57. The number of urea groups is 1. The lowest BCUT2D eigenvalue weighted by Gasteiger charge is -2.30. The number of halogens is 3. The Morgan fingerprint density at radius 2 is 1.88 bits per heavy atom. The molecule has 148 valence electrons. The minimum atomic E-state index is -4.90. The Morgan fingerprint density at radius 3 is 2.42 bits per heavy atom. The standard InChI is InChI=1S/C17H27F3N4O2/c1-24-12-11-21-14(24)16(26,17(18,19)20)9-10-22-15(25)23-13-7-5-3-2-4-6-8-13/h11-13,26H,2-10H2,1H3,(H2,22,23,25). The van der Waals surface area contributed by atoms with Crippen molar-refractivity contribution < 1.29 is 23.1 Å². The van der Waals surface area contributed by atoms with Gasteiger partial charge in [-0.3, -0.25) is 0 Å². The molecule has 2 rings (SSSR count). The van der Waals surface area contributed by atoms with Crippen molar-refractivity contribution >= 4 is 6.03 Å². The van der Waals surface area contributed by atoms with E-state index in [0.717, 1.165) is 43.1 Å². The molecule has 1 unspecified atom stereocenters. The van der Waals surface area contributed by atoms with Crippen LogP contribution >= 0.6 is 0 Å². The van der Waals surface area contributed by atoms with Gasteiger partial charge in [0.1, 0.15) is 5.82 Å². The largest absolute Gasteiger partial charge is 0.424 e. The summed E-state index contributed by atoms with van der Waals surface area (Å²) in [5.74, 6) is -0.493. The molecule has 26 heavy (non-hydrogen) atoms. The van der Waals surface area contributed by atoms with Crippen molar-refractivity contribution in [1.29, 1.82) is 0 Å². The molecule has 1 fully saturated rings. The fraction of sp³-hybridized carbons (Fsp3) is 0.765. The van der Waals surface area contributed by atoms with Crippen LogP contribution in [0.3, 0.4) is 0 Å². The second-order valence-electron chi connectivity index (χ2n) is 6.91. The minimum absolute atomic E-state index is 0.0475. The lowest BCUT2D eigenvalue weighted by atomic mass is 9.97. The maximum Gasteiger partial charge on any atom is 0.424 e. The number of amides is 2. The zero-order chi connectivity index (χ0) is 19.2. The Labute approximate surface area is 151 Å². The molecule has 2 amide bonds. The van der Waals surface area contributed by atoms with Crippen molar-refractivity contribution in [2.24, 2.45) is 7.05 Å².